The van der Waals surface area contributed by atoms with E-state index in [1.807, 2.05) is 60.7 Å². The molecule has 23 heavy (non-hydrogen) atoms. The number of carbonyl (C=O) groups is 1. The summed E-state index contributed by atoms with van der Waals surface area (Å²) in [6.07, 6.45) is -0.364. The minimum absolute atomic E-state index is 0.135. The summed E-state index contributed by atoms with van der Waals surface area (Å²) >= 11 is 0. The normalized spacial score (nSPS) is 10.4. The standard InChI is InChI=1S/C19H14O4/c20-17(21)12-15-11-16(13-7-3-1-4-8-13)18(23-19(15)22)14-9-5-2-6-10-14/h1-11H,12H2,(H,20,21). The van der Waals surface area contributed by atoms with Crippen LogP contribution in [0.3, 0.4) is 0 Å². The maximum absolute atomic E-state index is 12.1. The van der Waals surface area contributed by atoms with Crippen molar-refractivity contribution in [1.29, 1.82) is 0 Å². The maximum atomic E-state index is 12.1. The van der Waals surface area contributed by atoms with E-state index in [-0.39, 0.29) is 12.0 Å². The molecule has 0 radical (unpaired) electrons. The minimum Gasteiger partial charge on any atom is -0.481 e. The van der Waals surface area contributed by atoms with Crippen molar-refractivity contribution in [2.75, 3.05) is 0 Å². The summed E-state index contributed by atoms with van der Waals surface area (Å²) in [5.74, 6) is -0.625. The van der Waals surface area contributed by atoms with Crippen LogP contribution < -0.4 is 5.63 Å². The third-order valence-corrected chi connectivity index (χ3v) is 3.48. The van der Waals surface area contributed by atoms with Gasteiger partial charge in [0.05, 0.1) is 6.42 Å². The summed E-state index contributed by atoms with van der Waals surface area (Å²) in [5.41, 5.74) is 1.85. The maximum Gasteiger partial charge on any atom is 0.340 e. The number of carboxylic acids is 1. The number of carboxylic acid groups (broad SMARTS) is 1. The fourth-order valence-corrected chi connectivity index (χ4v) is 2.43. The Hall–Kier alpha value is -3.14. The van der Waals surface area contributed by atoms with Crippen LogP contribution in [0.5, 0.6) is 0 Å². The third-order valence-electron chi connectivity index (χ3n) is 3.48. The van der Waals surface area contributed by atoms with E-state index < -0.39 is 11.6 Å². The molecule has 0 saturated carbocycles. The predicted molar refractivity (Wildman–Crippen MR) is 87.2 cm³/mol. The molecule has 0 bridgehead atoms. The molecule has 0 aliphatic heterocycles. The first-order valence-corrected chi connectivity index (χ1v) is 7.15. The Balaban J connectivity index is 2.24. The van der Waals surface area contributed by atoms with Gasteiger partial charge < -0.3 is 9.52 Å². The summed E-state index contributed by atoms with van der Waals surface area (Å²) in [4.78, 5) is 23.0. The first kappa shape index (κ1) is 14.8. The highest BCUT2D eigenvalue weighted by molar-refractivity contribution is 5.80. The van der Waals surface area contributed by atoms with Crippen LogP contribution in [0.2, 0.25) is 0 Å². The van der Waals surface area contributed by atoms with Crippen LogP contribution in [0, 0.1) is 0 Å². The van der Waals surface area contributed by atoms with E-state index in [0.717, 1.165) is 11.1 Å². The fraction of sp³-hybridized carbons (Fsp3) is 0.0526. The Kier molecular flexibility index (Phi) is 4.06. The average molecular weight is 306 g/mol. The van der Waals surface area contributed by atoms with Gasteiger partial charge >= 0.3 is 11.6 Å². The van der Waals surface area contributed by atoms with E-state index >= 15 is 0 Å². The lowest BCUT2D eigenvalue weighted by molar-refractivity contribution is -0.136. The molecular weight excluding hydrogens is 292 g/mol. The van der Waals surface area contributed by atoms with E-state index in [1.165, 1.54) is 0 Å². The Labute approximate surface area is 132 Å². The van der Waals surface area contributed by atoms with E-state index in [0.29, 0.717) is 11.3 Å². The second-order valence-corrected chi connectivity index (χ2v) is 5.10. The van der Waals surface area contributed by atoms with E-state index in [9.17, 15) is 9.59 Å². The van der Waals surface area contributed by atoms with Gasteiger partial charge in [-0.1, -0.05) is 60.7 Å². The van der Waals surface area contributed by atoms with Crippen LogP contribution in [-0.4, -0.2) is 11.1 Å². The first-order valence-electron chi connectivity index (χ1n) is 7.15. The van der Waals surface area contributed by atoms with Gasteiger partial charge in [-0.25, -0.2) is 4.79 Å². The molecule has 0 aliphatic rings. The van der Waals surface area contributed by atoms with E-state index in [1.54, 1.807) is 6.07 Å². The fourth-order valence-electron chi connectivity index (χ4n) is 2.43. The number of aliphatic carboxylic acids is 1. The van der Waals surface area contributed by atoms with E-state index in [4.69, 9.17) is 9.52 Å². The van der Waals surface area contributed by atoms with Crippen LogP contribution in [-0.2, 0) is 11.2 Å². The smallest absolute Gasteiger partial charge is 0.340 e. The molecular formula is C19H14O4. The quantitative estimate of drug-likeness (QED) is 0.799. The summed E-state index contributed by atoms with van der Waals surface area (Å²) in [5, 5.41) is 8.96. The first-order chi connectivity index (χ1) is 11.1. The van der Waals surface area contributed by atoms with Crippen LogP contribution >= 0.6 is 0 Å². The Morgan fingerprint density at radius 2 is 1.48 bits per heavy atom. The number of benzene rings is 2. The largest absolute Gasteiger partial charge is 0.481 e. The zero-order valence-corrected chi connectivity index (χ0v) is 12.2. The molecule has 0 fully saturated rings. The van der Waals surface area contributed by atoms with Crippen molar-refractivity contribution in [3.8, 4) is 22.5 Å². The van der Waals surface area contributed by atoms with Crippen molar-refractivity contribution < 1.29 is 14.3 Å². The molecule has 1 aromatic heterocycles. The highest BCUT2D eigenvalue weighted by Crippen LogP contribution is 2.31. The molecule has 0 spiro atoms. The van der Waals surface area contributed by atoms with Crippen molar-refractivity contribution in [2.24, 2.45) is 0 Å². The zero-order chi connectivity index (χ0) is 16.2. The molecule has 114 valence electrons. The molecule has 4 nitrogen and oxygen atoms in total. The van der Waals surface area contributed by atoms with Crippen molar-refractivity contribution in [3.05, 3.63) is 82.7 Å². The monoisotopic (exact) mass is 306 g/mol. The van der Waals surface area contributed by atoms with Gasteiger partial charge in [-0.3, -0.25) is 4.79 Å². The topological polar surface area (TPSA) is 67.5 Å². The van der Waals surface area contributed by atoms with Gasteiger partial charge in [-0.05, 0) is 11.6 Å². The molecule has 2 aromatic carbocycles. The SMILES string of the molecule is O=C(O)Cc1cc(-c2ccccc2)c(-c2ccccc2)oc1=O. The van der Waals surface area contributed by atoms with Gasteiger partial charge in [0.1, 0.15) is 5.76 Å². The summed E-state index contributed by atoms with van der Waals surface area (Å²) in [7, 11) is 0. The summed E-state index contributed by atoms with van der Waals surface area (Å²) in [6.45, 7) is 0. The second kappa shape index (κ2) is 6.32. The van der Waals surface area contributed by atoms with E-state index in [2.05, 4.69) is 0 Å². The number of hydrogen-bond acceptors (Lipinski definition) is 3. The lowest BCUT2D eigenvalue weighted by atomic mass is 9.98. The second-order valence-electron chi connectivity index (χ2n) is 5.10. The molecule has 0 atom stereocenters. The molecule has 0 amide bonds. The number of hydrogen-bond donors (Lipinski definition) is 1. The third kappa shape index (κ3) is 3.21. The molecule has 4 heteroatoms. The Morgan fingerprint density at radius 1 is 0.913 bits per heavy atom. The van der Waals surface area contributed by atoms with Gasteiger partial charge in [0.15, 0.2) is 0 Å². The van der Waals surface area contributed by atoms with Crippen molar-refractivity contribution in [3.63, 3.8) is 0 Å². The summed E-state index contributed by atoms with van der Waals surface area (Å²) < 4.78 is 5.46. The highest BCUT2D eigenvalue weighted by atomic mass is 16.4. The zero-order valence-electron chi connectivity index (χ0n) is 12.2. The van der Waals surface area contributed by atoms with Crippen LogP contribution in [0.25, 0.3) is 22.5 Å². The summed E-state index contributed by atoms with van der Waals surface area (Å²) in [6, 6.07) is 20.3. The highest BCUT2D eigenvalue weighted by Gasteiger charge is 2.16. The lowest BCUT2D eigenvalue weighted by Gasteiger charge is -2.10. The van der Waals surface area contributed by atoms with Crippen LogP contribution in [0.4, 0.5) is 0 Å². The molecule has 3 aromatic rings. The van der Waals surface area contributed by atoms with Gasteiger partial charge in [-0.2, -0.15) is 0 Å². The number of rotatable bonds is 4. The van der Waals surface area contributed by atoms with Crippen molar-refractivity contribution in [2.45, 2.75) is 6.42 Å². The molecule has 1 heterocycles. The predicted octanol–water partition coefficient (Wildman–Crippen LogP) is 3.60. The molecule has 1 N–H and O–H groups in total. The van der Waals surface area contributed by atoms with Crippen LogP contribution in [0.1, 0.15) is 5.56 Å². The molecule has 0 aliphatic carbocycles. The molecule has 0 saturated heterocycles. The average Bonchev–Trinajstić information content (AvgIpc) is 2.57. The van der Waals surface area contributed by atoms with Gasteiger partial charge in [-0.15, -0.1) is 0 Å². The Morgan fingerprint density at radius 3 is 2.04 bits per heavy atom. The molecule has 0 unspecified atom stereocenters. The van der Waals surface area contributed by atoms with Crippen LogP contribution in [0.15, 0.2) is 75.9 Å². The Bertz CT molecular complexity index is 880. The lowest BCUT2D eigenvalue weighted by Crippen LogP contribution is -2.13. The minimum atomic E-state index is -1.07. The van der Waals surface area contributed by atoms with Crippen molar-refractivity contribution >= 4 is 5.97 Å². The molecule has 3 rings (SSSR count). The van der Waals surface area contributed by atoms with Gasteiger partial charge in [0.25, 0.3) is 0 Å². The van der Waals surface area contributed by atoms with Gasteiger partial charge in [0.2, 0.25) is 0 Å². The van der Waals surface area contributed by atoms with Gasteiger partial charge in [0, 0.05) is 16.7 Å². The van der Waals surface area contributed by atoms with Crippen molar-refractivity contribution in [1.82, 2.24) is 0 Å².